The van der Waals surface area contributed by atoms with Crippen LogP contribution >= 0.6 is 0 Å². The first-order chi connectivity index (χ1) is 10.6. The quantitative estimate of drug-likeness (QED) is 0.758. The highest BCUT2D eigenvalue weighted by Gasteiger charge is 2.11. The third-order valence-corrected chi connectivity index (χ3v) is 3.94. The van der Waals surface area contributed by atoms with Crippen LogP contribution in [0, 0.1) is 6.92 Å². The van der Waals surface area contributed by atoms with Gasteiger partial charge >= 0.3 is 0 Å². The molecular weight excluding hydrogens is 272 g/mol. The predicted molar refractivity (Wildman–Crippen MR) is 90.7 cm³/mol. The van der Waals surface area contributed by atoms with Gasteiger partial charge < -0.3 is 9.47 Å². The van der Waals surface area contributed by atoms with E-state index in [1.54, 1.807) is 6.92 Å². The van der Waals surface area contributed by atoms with Gasteiger partial charge in [-0.05, 0) is 31.0 Å². The maximum absolute atomic E-state index is 11.8. The number of rotatable bonds is 7. The van der Waals surface area contributed by atoms with Crippen LogP contribution in [0.5, 0.6) is 0 Å². The Kier molecular flexibility index (Phi) is 5.82. The van der Waals surface area contributed by atoms with Gasteiger partial charge in [-0.2, -0.15) is 0 Å². The smallest absolute Gasteiger partial charge is 0.219 e. The van der Waals surface area contributed by atoms with Gasteiger partial charge in [-0.25, -0.2) is 0 Å². The molecular formula is C19H26N2O. The first-order valence-electron chi connectivity index (χ1n) is 8.05. The highest BCUT2D eigenvalue weighted by molar-refractivity contribution is 5.73. The van der Waals surface area contributed by atoms with Gasteiger partial charge in [0.2, 0.25) is 5.91 Å². The molecule has 0 saturated carbocycles. The summed E-state index contributed by atoms with van der Waals surface area (Å²) in [5.41, 5.74) is 3.76. The molecule has 1 amide bonds. The van der Waals surface area contributed by atoms with Crippen molar-refractivity contribution >= 4 is 5.91 Å². The van der Waals surface area contributed by atoms with Crippen LogP contribution < -0.4 is 0 Å². The normalized spacial score (nSPS) is 10.7. The van der Waals surface area contributed by atoms with Gasteiger partial charge in [0.25, 0.3) is 0 Å². The largest absolute Gasteiger partial charge is 0.345 e. The second-order valence-electron chi connectivity index (χ2n) is 5.91. The average Bonchev–Trinajstić information content (AvgIpc) is 2.90. The van der Waals surface area contributed by atoms with E-state index >= 15 is 0 Å². The third-order valence-electron chi connectivity index (χ3n) is 3.94. The Morgan fingerprint density at radius 1 is 1.23 bits per heavy atom. The molecule has 2 rings (SSSR count). The van der Waals surface area contributed by atoms with Gasteiger partial charge in [0.05, 0.1) is 6.54 Å². The molecule has 3 heteroatoms. The zero-order chi connectivity index (χ0) is 15.9. The van der Waals surface area contributed by atoms with E-state index in [1.807, 2.05) is 4.90 Å². The molecule has 22 heavy (non-hydrogen) atoms. The molecule has 0 spiro atoms. The second kappa shape index (κ2) is 7.83. The molecule has 118 valence electrons. The standard InChI is InChI=1S/C19H26N2O/c1-4-5-11-20(17(3)22)15-19-10-7-12-21(19)14-18-9-6-8-16(2)13-18/h6-10,12-13H,4-5,11,14-15H2,1-3H3. The average molecular weight is 298 g/mol. The minimum atomic E-state index is 0.150. The molecule has 0 aliphatic heterocycles. The van der Waals surface area contributed by atoms with Crippen LogP contribution in [-0.4, -0.2) is 21.9 Å². The van der Waals surface area contributed by atoms with E-state index in [0.717, 1.165) is 25.9 Å². The van der Waals surface area contributed by atoms with E-state index in [-0.39, 0.29) is 5.91 Å². The number of hydrogen-bond acceptors (Lipinski definition) is 1. The van der Waals surface area contributed by atoms with Gasteiger partial charge in [0, 0.05) is 31.9 Å². The molecule has 2 aromatic rings. The molecule has 0 N–H and O–H groups in total. The summed E-state index contributed by atoms with van der Waals surface area (Å²) < 4.78 is 2.23. The highest BCUT2D eigenvalue weighted by Crippen LogP contribution is 2.12. The molecule has 0 radical (unpaired) electrons. The van der Waals surface area contributed by atoms with Crippen molar-refractivity contribution in [3.8, 4) is 0 Å². The zero-order valence-electron chi connectivity index (χ0n) is 13.9. The van der Waals surface area contributed by atoms with Crippen LogP contribution in [0.2, 0.25) is 0 Å². The lowest BCUT2D eigenvalue weighted by Crippen LogP contribution is -2.30. The Bertz CT molecular complexity index is 615. The molecule has 0 aliphatic rings. The summed E-state index contributed by atoms with van der Waals surface area (Å²) in [6.45, 7) is 8.30. The Labute approximate surface area is 133 Å². The number of nitrogens with zero attached hydrogens (tertiary/aromatic N) is 2. The summed E-state index contributed by atoms with van der Waals surface area (Å²) in [6.07, 6.45) is 4.25. The molecule has 0 unspecified atom stereocenters. The summed E-state index contributed by atoms with van der Waals surface area (Å²) in [4.78, 5) is 13.7. The van der Waals surface area contributed by atoms with Gasteiger partial charge in [-0.3, -0.25) is 4.79 Å². The van der Waals surface area contributed by atoms with Crippen molar-refractivity contribution in [3.05, 3.63) is 59.4 Å². The molecule has 1 heterocycles. The molecule has 1 aromatic heterocycles. The Morgan fingerprint density at radius 2 is 2.05 bits per heavy atom. The fraction of sp³-hybridized carbons (Fsp3) is 0.421. The predicted octanol–water partition coefficient (Wildman–Crippen LogP) is 3.99. The number of unbranched alkanes of at least 4 members (excludes halogenated alkanes) is 1. The summed E-state index contributed by atoms with van der Waals surface area (Å²) in [5.74, 6) is 0.150. The second-order valence-corrected chi connectivity index (χ2v) is 5.91. The van der Waals surface area contributed by atoms with E-state index in [0.29, 0.717) is 6.54 Å². The first kappa shape index (κ1) is 16.3. The van der Waals surface area contributed by atoms with E-state index in [1.165, 1.54) is 16.8 Å². The number of benzene rings is 1. The zero-order valence-corrected chi connectivity index (χ0v) is 13.9. The monoisotopic (exact) mass is 298 g/mol. The minimum absolute atomic E-state index is 0.150. The molecule has 0 bridgehead atoms. The fourth-order valence-electron chi connectivity index (χ4n) is 2.65. The van der Waals surface area contributed by atoms with Gasteiger partial charge in [0.15, 0.2) is 0 Å². The first-order valence-corrected chi connectivity index (χ1v) is 8.05. The summed E-state index contributed by atoms with van der Waals surface area (Å²) in [5, 5.41) is 0. The maximum atomic E-state index is 11.8. The number of carbonyl (C=O) groups is 1. The van der Waals surface area contributed by atoms with Gasteiger partial charge in [-0.1, -0.05) is 43.2 Å². The highest BCUT2D eigenvalue weighted by atomic mass is 16.2. The van der Waals surface area contributed by atoms with E-state index in [4.69, 9.17) is 0 Å². The summed E-state index contributed by atoms with van der Waals surface area (Å²) >= 11 is 0. The van der Waals surface area contributed by atoms with Crippen molar-refractivity contribution < 1.29 is 4.79 Å². The number of amides is 1. The molecule has 0 saturated heterocycles. The fourth-order valence-corrected chi connectivity index (χ4v) is 2.65. The van der Waals surface area contributed by atoms with Gasteiger partial charge in [0.1, 0.15) is 0 Å². The van der Waals surface area contributed by atoms with Crippen LogP contribution in [-0.2, 0) is 17.9 Å². The number of hydrogen-bond donors (Lipinski definition) is 0. The van der Waals surface area contributed by atoms with Crippen molar-refractivity contribution in [2.24, 2.45) is 0 Å². The topological polar surface area (TPSA) is 25.2 Å². The molecule has 0 fully saturated rings. The number of aromatic nitrogens is 1. The van der Waals surface area contributed by atoms with Crippen LogP contribution in [0.1, 0.15) is 43.5 Å². The van der Waals surface area contributed by atoms with Crippen LogP contribution in [0.4, 0.5) is 0 Å². The number of carbonyl (C=O) groups excluding carboxylic acids is 1. The van der Waals surface area contributed by atoms with E-state index in [9.17, 15) is 4.79 Å². The van der Waals surface area contributed by atoms with Gasteiger partial charge in [-0.15, -0.1) is 0 Å². The SMILES string of the molecule is CCCCN(Cc1cccn1Cc1cccc(C)c1)C(C)=O. The van der Waals surface area contributed by atoms with Crippen molar-refractivity contribution in [1.29, 1.82) is 0 Å². The van der Waals surface area contributed by atoms with Crippen LogP contribution in [0.15, 0.2) is 42.6 Å². The van der Waals surface area contributed by atoms with Crippen molar-refractivity contribution in [2.75, 3.05) is 6.54 Å². The molecule has 0 aliphatic carbocycles. The lowest BCUT2D eigenvalue weighted by atomic mass is 10.1. The van der Waals surface area contributed by atoms with Crippen molar-refractivity contribution in [1.82, 2.24) is 9.47 Å². The number of aryl methyl sites for hydroxylation is 1. The molecule has 0 atom stereocenters. The Hall–Kier alpha value is -2.03. The van der Waals surface area contributed by atoms with Crippen molar-refractivity contribution in [3.63, 3.8) is 0 Å². The molecule has 1 aromatic carbocycles. The maximum Gasteiger partial charge on any atom is 0.219 e. The van der Waals surface area contributed by atoms with Crippen LogP contribution in [0.3, 0.4) is 0 Å². The van der Waals surface area contributed by atoms with E-state index < -0.39 is 0 Å². The minimum Gasteiger partial charge on any atom is -0.345 e. The van der Waals surface area contributed by atoms with Crippen molar-refractivity contribution in [2.45, 2.75) is 46.7 Å². The van der Waals surface area contributed by atoms with Crippen LogP contribution in [0.25, 0.3) is 0 Å². The third kappa shape index (κ3) is 4.48. The molecule has 3 nitrogen and oxygen atoms in total. The lowest BCUT2D eigenvalue weighted by molar-refractivity contribution is -0.129. The Balaban J connectivity index is 2.09. The summed E-state index contributed by atoms with van der Waals surface area (Å²) in [6, 6.07) is 12.7. The summed E-state index contributed by atoms with van der Waals surface area (Å²) in [7, 11) is 0. The Morgan fingerprint density at radius 3 is 2.73 bits per heavy atom. The van der Waals surface area contributed by atoms with E-state index in [2.05, 4.69) is 61.0 Å². The lowest BCUT2D eigenvalue weighted by Gasteiger charge is -2.22.